The van der Waals surface area contributed by atoms with Crippen LogP contribution in [0.15, 0.2) is 48.5 Å². The molecule has 0 N–H and O–H groups in total. The van der Waals surface area contributed by atoms with Gasteiger partial charge in [-0.3, -0.25) is 4.79 Å². The Morgan fingerprint density at radius 3 is 2.27 bits per heavy atom. The SMILES string of the molecule is CN(C(=O)CN1CCN(Cc2c(Cl)cccc2Cl)C1=O)c1ccccc1. The van der Waals surface area contributed by atoms with Crippen molar-refractivity contribution in [1.82, 2.24) is 9.80 Å². The van der Waals surface area contributed by atoms with Gasteiger partial charge in [-0.1, -0.05) is 47.5 Å². The van der Waals surface area contributed by atoms with Gasteiger partial charge in [-0.05, 0) is 24.3 Å². The number of carbonyl (C=O) groups excluding carboxylic acids is 2. The zero-order valence-electron chi connectivity index (χ0n) is 14.4. The minimum absolute atomic E-state index is 0.0387. The number of para-hydroxylation sites is 1. The van der Waals surface area contributed by atoms with Crippen molar-refractivity contribution in [3.63, 3.8) is 0 Å². The first-order chi connectivity index (χ1) is 12.5. The number of hydrogen-bond donors (Lipinski definition) is 0. The van der Waals surface area contributed by atoms with Gasteiger partial charge in [0.15, 0.2) is 0 Å². The van der Waals surface area contributed by atoms with Crippen LogP contribution in [0.1, 0.15) is 5.56 Å². The summed E-state index contributed by atoms with van der Waals surface area (Å²) in [6.45, 7) is 1.39. The lowest BCUT2D eigenvalue weighted by molar-refractivity contribution is -0.118. The highest BCUT2D eigenvalue weighted by Gasteiger charge is 2.31. The summed E-state index contributed by atoms with van der Waals surface area (Å²) in [6, 6.07) is 14.4. The van der Waals surface area contributed by atoms with Crippen molar-refractivity contribution in [2.75, 3.05) is 31.6 Å². The van der Waals surface area contributed by atoms with E-state index in [1.165, 1.54) is 0 Å². The molecule has 2 aromatic rings. The second kappa shape index (κ2) is 7.98. The fourth-order valence-corrected chi connectivity index (χ4v) is 3.38. The van der Waals surface area contributed by atoms with E-state index < -0.39 is 0 Å². The quantitative estimate of drug-likeness (QED) is 0.775. The van der Waals surface area contributed by atoms with Crippen molar-refractivity contribution < 1.29 is 9.59 Å². The summed E-state index contributed by atoms with van der Waals surface area (Å²) in [5.74, 6) is -0.137. The van der Waals surface area contributed by atoms with Gasteiger partial charge in [0.05, 0.1) is 6.54 Å². The van der Waals surface area contributed by atoms with Crippen LogP contribution >= 0.6 is 23.2 Å². The summed E-state index contributed by atoms with van der Waals surface area (Å²) in [5.41, 5.74) is 1.52. The van der Waals surface area contributed by atoms with Crippen LogP contribution in [0, 0.1) is 0 Å². The Morgan fingerprint density at radius 1 is 1.00 bits per heavy atom. The molecule has 0 spiro atoms. The molecule has 3 rings (SSSR count). The molecule has 0 aromatic heterocycles. The molecule has 1 heterocycles. The molecule has 26 heavy (non-hydrogen) atoms. The number of carbonyl (C=O) groups is 2. The minimum Gasteiger partial charge on any atom is -0.318 e. The molecule has 2 aromatic carbocycles. The molecule has 136 valence electrons. The van der Waals surface area contributed by atoms with Crippen LogP contribution in [0.4, 0.5) is 10.5 Å². The van der Waals surface area contributed by atoms with Crippen LogP contribution in [-0.2, 0) is 11.3 Å². The summed E-state index contributed by atoms with van der Waals surface area (Å²) in [7, 11) is 1.71. The van der Waals surface area contributed by atoms with E-state index in [1.807, 2.05) is 30.3 Å². The van der Waals surface area contributed by atoms with Crippen molar-refractivity contribution >= 4 is 40.8 Å². The molecule has 0 aliphatic carbocycles. The third-order valence-electron chi connectivity index (χ3n) is 4.44. The Morgan fingerprint density at radius 2 is 1.62 bits per heavy atom. The maximum absolute atomic E-state index is 12.6. The van der Waals surface area contributed by atoms with Gasteiger partial charge in [-0.2, -0.15) is 0 Å². The summed E-state index contributed by atoms with van der Waals surface area (Å²) >= 11 is 12.4. The van der Waals surface area contributed by atoms with E-state index in [0.29, 0.717) is 29.7 Å². The molecule has 0 saturated carbocycles. The Kier molecular flexibility index (Phi) is 5.69. The monoisotopic (exact) mass is 391 g/mol. The first kappa shape index (κ1) is 18.5. The average molecular weight is 392 g/mol. The van der Waals surface area contributed by atoms with Crippen LogP contribution < -0.4 is 4.90 Å². The topological polar surface area (TPSA) is 43.9 Å². The Hall–Kier alpha value is -2.24. The standard InChI is InChI=1S/C19H19Cl2N3O2/c1-22(14-6-3-2-4-7-14)18(25)13-24-11-10-23(19(24)26)12-15-16(20)8-5-9-17(15)21/h2-9H,10-13H2,1H3. The first-order valence-electron chi connectivity index (χ1n) is 8.25. The average Bonchev–Trinajstić information content (AvgIpc) is 2.98. The second-order valence-corrected chi connectivity index (χ2v) is 6.93. The molecule has 5 nitrogen and oxygen atoms in total. The predicted octanol–water partition coefficient (Wildman–Crippen LogP) is 3.89. The van der Waals surface area contributed by atoms with Crippen LogP contribution in [0.25, 0.3) is 0 Å². The van der Waals surface area contributed by atoms with Gasteiger partial charge in [-0.25, -0.2) is 4.79 Å². The number of anilines is 1. The molecule has 0 atom stereocenters. The fraction of sp³-hybridized carbons (Fsp3) is 0.263. The Balaban J connectivity index is 1.63. The Bertz CT molecular complexity index is 793. The van der Waals surface area contributed by atoms with Gasteiger partial charge >= 0.3 is 6.03 Å². The number of amides is 3. The molecule has 1 aliphatic heterocycles. The third-order valence-corrected chi connectivity index (χ3v) is 5.14. The Labute approximate surface area is 162 Å². The number of nitrogens with zero attached hydrogens (tertiary/aromatic N) is 3. The number of urea groups is 1. The molecular formula is C19H19Cl2N3O2. The highest BCUT2D eigenvalue weighted by Crippen LogP contribution is 2.27. The summed E-state index contributed by atoms with van der Waals surface area (Å²) in [5, 5.41) is 1.06. The molecule has 0 radical (unpaired) electrons. The van der Waals surface area contributed by atoms with E-state index in [0.717, 1.165) is 11.3 Å². The third kappa shape index (κ3) is 3.94. The van der Waals surface area contributed by atoms with Crippen molar-refractivity contribution in [1.29, 1.82) is 0 Å². The van der Waals surface area contributed by atoms with Crippen molar-refractivity contribution in [3.05, 3.63) is 64.1 Å². The van der Waals surface area contributed by atoms with E-state index >= 15 is 0 Å². The zero-order chi connectivity index (χ0) is 18.7. The van der Waals surface area contributed by atoms with Crippen LogP contribution in [-0.4, -0.2) is 48.4 Å². The maximum atomic E-state index is 12.6. The molecular weight excluding hydrogens is 373 g/mol. The molecule has 0 bridgehead atoms. The highest BCUT2D eigenvalue weighted by atomic mass is 35.5. The summed E-state index contributed by atoms with van der Waals surface area (Å²) < 4.78 is 0. The predicted molar refractivity (Wildman–Crippen MR) is 104 cm³/mol. The van der Waals surface area contributed by atoms with Gasteiger partial charge < -0.3 is 14.7 Å². The van der Waals surface area contributed by atoms with Crippen molar-refractivity contribution in [3.8, 4) is 0 Å². The number of likely N-dealkylation sites (N-methyl/N-ethyl adjacent to an activating group) is 1. The molecule has 7 heteroatoms. The molecule has 1 aliphatic rings. The number of halogens is 2. The van der Waals surface area contributed by atoms with E-state index in [-0.39, 0.29) is 18.5 Å². The van der Waals surface area contributed by atoms with E-state index in [2.05, 4.69) is 0 Å². The van der Waals surface area contributed by atoms with Gasteiger partial charge in [-0.15, -0.1) is 0 Å². The first-order valence-corrected chi connectivity index (χ1v) is 9.01. The molecule has 0 unspecified atom stereocenters. The fourth-order valence-electron chi connectivity index (χ4n) is 2.87. The van der Waals surface area contributed by atoms with Crippen molar-refractivity contribution in [2.45, 2.75) is 6.54 Å². The summed E-state index contributed by atoms with van der Waals surface area (Å²) in [6.07, 6.45) is 0. The van der Waals surface area contributed by atoms with Gasteiger partial charge in [0.25, 0.3) is 0 Å². The smallest absolute Gasteiger partial charge is 0.318 e. The lowest BCUT2D eigenvalue weighted by Crippen LogP contribution is -2.40. The van der Waals surface area contributed by atoms with Crippen LogP contribution in [0.5, 0.6) is 0 Å². The molecule has 3 amide bonds. The lowest BCUT2D eigenvalue weighted by atomic mass is 10.2. The van der Waals surface area contributed by atoms with E-state index in [4.69, 9.17) is 23.2 Å². The lowest BCUT2D eigenvalue weighted by Gasteiger charge is -2.22. The second-order valence-electron chi connectivity index (χ2n) is 6.11. The number of hydrogen-bond acceptors (Lipinski definition) is 2. The van der Waals surface area contributed by atoms with Gasteiger partial charge in [0.1, 0.15) is 6.54 Å². The largest absolute Gasteiger partial charge is 0.320 e. The highest BCUT2D eigenvalue weighted by molar-refractivity contribution is 6.36. The van der Waals surface area contributed by atoms with E-state index in [1.54, 1.807) is 39.9 Å². The van der Waals surface area contributed by atoms with Gasteiger partial charge in [0, 0.05) is 41.4 Å². The van der Waals surface area contributed by atoms with Crippen LogP contribution in [0.2, 0.25) is 10.0 Å². The zero-order valence-corrected chi connectivity index (χ0v) is 15.9. The summed E-state index contributed by atoms with van der Waals surface area (Å²) in [4.78, 5) is 29.9. The van der Waals surface area contributed by atoms with E-state index in [9.17, 15) is 9.59 Å². The molecule has 1 fully saturated rings. The number of benzene rings is 2. The van der Waals surface area contributed by atoms with Crippen LogP contribution in [0.3, 0.4) is 0 Å². The molecule has 1 saturated heterocycles. The maximum Gasteiger partial charge on any atom is 0.320 e. The van der Waals surface area contributed by atoms with Gasteiger partial charge in [0.2, 0.25) is 5.91 Å². The minimum atomic E-state index is -0.184. The number of rotatable bonds is 5. The van der Waals surface area contributed by atoms with Crippen molar-refractivity contribution in [2.24, 2.45) is 0 Å². The normalized spacial score (nSPS) is 14.0.